The Labute approximate surface area is 170 Å². The standard InChI is InChI=1S/C21H24N4O3S/c26-20(12-5-9-17-8-3-4-13-22-17)25-14-6-7-16(15-25)21-23-18-10-1-2-11-19(18)29(27,28)24-21/h1-4,8,10-11,13,16H,5-7,9,12,14-15H2,(H,23,24)/t16-/m0/s1. The van der Waals surface area contributed by atoms with E-state index < -0.39 is 10.0 Å². The molecule has 152 valence electrons. The number of likely N-dealkylation sites (tertiary alicyclic amines) is 1. The van der Waals surface area contributed by atoms with E-state index in [2.05, 4.69) is 14.7 Å². The number of amides is 1. The SMILES string of the molecule is O=C(CCCc1ccccn1)N1CCC[C@H](C2=NS(=O)(=O)c3ccccc3N2)C1. The van der Waals surface area contributed by atoms with Gasteiger partial charge in [0.15, 0.2) is 0 Å². The van der Waals surface area contributed by atoms with E-state index in [9.17, 15) is 13.2 Å². The maximum absolute atomic E-state index is 12.7. The number of piperidine rings is 1. The van der Waals surface area contributed by atoms with Crippen molar-refractivity contribution in [3.05, 3.63) is 54.4 Å². The van der Waals surface area contributed by atoms with Crippen molar-refractivity contribution >= 4 is 27.5 Å². The summed E-state index contributed by atoms with van der Waals surface area (Å²) in [5.41, 5.74) is 1.54. The molecule has 29 heavy (non-hydrogen) atoms. The van der Waals surface area contributed by atoms with Gasteiger partial charge in [0.05, 0.1) is 5.69 Å². The van der Waals surface area contributed by atoms with Crippen LogP contribution in [0.25, 0.3) is 0 Å². The highest BCUT2D eigenvalue weighted by Crippen LogP contribution is 2.30. The number of nitrogens with one attached hydrogen (secondary N) is 1. The van der Waals surface area contributed by atoms with E-state index in [1.165, 1.54) is 0 Å². The number of fused-ring (bicyclic) bond motifs is 1. The fraction of sp³-hybridized carbons (Fsp3) is 0.381. The molecule has 0 unspecified atom stereocenters. The van der Waals surface area contributed by atoms with Crippen LogP contribution >= 0.6 is 0 Å². The van der Waals surface area contributed by atoms with Crippen molar-refractivity contribution in [2.24, 2.45) is 10.3 Å². The molecule has 1 atom stereocenters. The number of carbonyl (C=O) groups is 1. The Morgan fingerprint density at radius 3 is 2.83 bits per heavy atom. The third-order valence-electron chi connectivity index (χ3n) is 5.36. The molecular formula is C21H24N4O3S. The summed E-state index contributed by atoms with van der Waals surface area (Å²) >= 11 is 0. The lowest BCUT2D eigenvalue weighted by Gasteiger charge is -2.34. The number of carbonyl (C=O) groups excluding carboxylic acids is 1. The summed E-state index contributed by atoms with van der Waals surface area (Å²) in [5, 5.41) is 3.17. The van der Waals surface area contributed by atoms with E-state index in [4.69, 9.17) is 0 Å². The first-order chi connectivity index (χ1) is 14.0. The summed E-state index contributed by atoms with van der Waals surface area (Å²) in [6, 6.07) is 12.6. The van der Waals surface area contributed by atoms with Crippen molar-refractivity contribution in [2.75, 3.05) is 18.4 Å². The highest BCUT2D eigenvalue weighted by molar-refractivity contribution is 7.90. The van der Waals surface area contributed by atoms with Crippen molar-refractivity contribution < 1.29 is 13.2 Å². The predicted molar refractivity (Wildman–Crippen MR) is 111 cm³/mol. The zero-order valence-electron chi connectivity index (χ0n) is 16.1. The molecule has 4 rings (SSSR count). The second-order valence-electron chi connectivity index (χ2n) is 7.43. The minimum atomic E-state index is -3.71. The minimum absolute atomic E-state index is 0.102. The molecule has 0 bridgehead atoms. The van der Waals surface area contributed by atoms with Gasteiger partial charge >= 0.3 is 0 Å². The number of anilines is 1. The molecule has 0 aliphatic carbocycles. The van der Waals surface area contributed by atoms with Gasteiger partial charge in [0.2, 0.25) is 5.91 Å². The molecule has 2 aliphatic rings. The molecule has 1 fully saturated rings. The molecule has 0 saturated carbocycles. The van der Waals surface area contributed by atoms with Crippen molar-refractivity contribution in [1.82, 2.24) is 9.88 Å². The van der Waals surface area contributed by atoms with E-state index in [0.29, 0.717) is 31.0 Å². The van der Waals surface area contributed by atoms with Gasteiger partial charge < -0.3 is 10.2 Å². The summed E-state index contributed by atoms with van der Waals surface area (Å²) < 4.78 is 29.0. The monoisotopic (exact) mass is 412 g/mol. The minimum Gasteiger partial charge on any atom is -0.342 e. The number of hydrogen-bond acceptors (Lipinski definition) is 5. The Morgan fingerprint density at radius 1 is 1.17 bits per heavy atom. The van der Waals surface area contributed by atoms with Crippen LogP contribution in [0.4, 0.5) is 5.69 Å². The first kappa shape index (κ1) is 19.6. The molecule has 1 aromatic carbocycles. The Hall–Kier alpha value is -2.74. The topological polar surface area (TPSA) is 91.7 Å². The predicted octanol–water partition coefficient (Wildman–Crippen LogP) is 2.86. The maximum atomic E-state index is 12.7. The van der Waals surface area contributed by atoms with Gasteiger partial charge in [-0.25, -0.2) is 0 Å². The van der Waals surface area contributed by atoms with Crippen LogP contribution in [0.1, 0.15) is 31.4 Å². The van der Waals surface area contributed by atoms with Crippen LogP contribution in [-0.2, 0) is 21.2 Å². The lowest BCUT2D eigenvalue weighted by molar-refractivity contribution is -0.132. The van der Waals surface area contributed by atoms with Crippen LogP contribution in [-0.4, -0.2) is 43.1 Å². The van der Waals surface area contributed by atoms with Gasteiger partial charge in [-0.05, 0) is 49.9 Å². The van der Waals surface area contributed by atoms with Crippen LogP contribution in [0, 0.1) is 5.92 Å². The normalized spacial score (nSPS) is 20.3. The second-order valence-corrected chi connectivity index (χ2v) is 9.00. The van der Waals surface area contributed by atoms with Gasteiger partial charge in [0.1, 0.15) is 10.7 Å². The Balaban J connectivity index is 1.38. The molecule has 0 radical (unpaired) electrons. The van der Waals surface area contributed by atoms with E-state index in [1.54, 1.807) is 30.5 Å². The van der Waals surface area contributed by atoms with Crippen LogP contribution in [0.15, 0.2) is 58.0 Å². The van der Waals surface area contributed by atoms with E-state index >= 15 is 0 Å². The zero-order valence-corrected chi connectivity index (χ0v) is 16.9. The van der Waals surface area contributed by atoms with Crippen LogP contribution < -0.4 is 5.32 Å². The van der Waals surface area contributed by atoms with Gasteiger partial charge in [0, 0.05) is 37.3 Å². The van der Waals surface area contributed by atoms with Crippen molar-refractivity contribution in [3.8, 4) is 0 Å². The van der Waals surface area contributed by atoms with Gasteiger partial charge in [-0.2, -0.15) is 8.42 Å². The third kappa shape index (κ3) is 4.48. The number of hydrogen-bond donors (Lipinski definition) is 1. The number of pyridine rings is 1. The number of amidine groups is 1. The molecule has 1 saturated heterocycles. The molecule has 7 nitrogen and oxygen atoms in total. The van der Waals surface area contributed by atoms with Gasteiger partial charge in [-0.1, -0.05) is 18.2 Å². The Kier molecular flexibility index (Phi) is 5.62. The lowest BCUT2D eigenvalue weighted by atomic mass is 9.96. The van der Waals surface area contributed by atoms with E-state index in [0.717, 1.165) is 31.4 Å². The molecule has 1 N–H and O–H groups in total. The maximum Gasteiger partial charge on any atom is 0.286 e. The first-order valence-corrected chi connectivity index (χ1v) is 11.4. The zero-order chi connectivity index (χ0) is 20.3. The number of para-hydroxylation sites is 1. The highest BCUT2D eigenvalue weighted by Gasteiger charge is 2.32. The number of benzene rings is 1. The summed E-state index contributed by atoms with van der Waals surface area (Å²) in [7, 11) is -3.71. The largest absolute Gasteiger partial charge is 0.342 e. The lowest BCUT2D eigenvalue weighted by Crippen LogP contribution is -2.44. The van der Waals surface area contributed by atoms with Crippen molar-refractivity contribution in [1.29, 1.82) is 0 Å². The number of nitrogens with zero attached hydrogens (tertiary/aromatic N) is 3. The highest BCUT2D eigenvalue weighted by atomic mass is 32.2. The average Bonchev–Trinajstić information content (AvgIpc) is 2.74. The fourth-order valence-electron chi connectivity index (χ4n) is 3.86. The van der Waals surface area contributed by atoms with E-state index in [1.807, 2.05) is 23.1 Å². The van der Waals surface area contributed by atoms with Crippen LogP contribution in [0.5, 0.6) is 0 Å². The summed E-state index contributed by atoms with van der Waals surface area (Å²) in [6.45, 7) is 1.20. The molecule has 2 aliphatic heterocycles. The molecule has 3 heterocycles. The molecule has 8 heteroatoms. The first-order valence-electron chi connectivity index (χ1n) is 9.91. The molecule has 1 amide bonds. The molecule has 2 aromatic rings. The quantitative estimate of drug-likeness (QED) is 0.815. The number of rotatable bonds is 5. The Bertz CT molecular complexity index is 1020. The average molecular weight is 413 g/mol. The van der Waals surface area contributed by atoms with Crippen molar-refractivity contribution in [2.45, 2.75) is 37.0 Å². The number of aryl methyl sites for hydroxylation is 1. The summed E-state index contributed by atoms with van der Waals surface area (Å²) in [4.78, 5) is 19.0. The van der Waals surface area contributed by atoms with Crippen molar-refractivity contribution in [3.63, 3.8) is 0 Å². The molecule has 0 spiro atoms. The van der Waals surface area contributed by atoms with Gasteiger partial charge in [-0.15, -0.1) is 4.40 Å². The third-order valence-corrected chi connectivity index (χ3v) is 6.71. The number of sulfonamides is 1. The van der Waals surface area contributed by atoms with E-state index in [-0.39, 0.29) is 16.7 Å². The van der Waals surface area contributed by atoms with Gasteiger partial charge in [-0.3, -0.25) is 9.78 Å². The Morgan fingerprint density at radius 2 is 2.00 bits per heavy atom. The smallest absolute Gasteiger partial charge is 0.286 e. The van der Waals surface area contributed by atoms with Gasteiger partial charge in [0.25, 0.3) is 10.0 Å². The summed E-state index contributed by atoms with van der Waals surface area (Å²) in [6.07, 6.45) is 5.38. The second kappa shape index (κ2) is 8.32. The number of aromatic nitrogens is 1. The summed E-state index contributed by atoms with van der Waals surface area (Å²) in [5.74, 6) is 0.437. The molecular weight excluding hydrogens is 388 g/mol. The van der Waals surface area contributed by atoms with Crippen LogP contribution in [0.3, 0.4) is 0 Å². The fourth-order valence-corrected chi connectivity index (χ4v) is 5.06. The molecule has 1 aromatic heterocycles. The van der Waals surface area contributed by atoms with Crippen LogP contribution in [0.2, 0.25) is 0 Å².